The van der Waals surface area contributed by atoms with Gasteiger partial charge in [-0.3, -0.25) is 0 Å². The number of ether oxygens (including phenoxy) is 1. The van der Waals surface area contributed by atoms with E-state index in [1.54, 1.807) is 0 Å². The molecule has 2 nitrogen and oxygen atoms in total. The minimum atomic E-state index is 0.477. The minimum absolute atomic E-state index is 0.477. The fourth-order valence-corrected chi connectivity index (χ4v) is 3.11. The minimum Gasteiger partial charge on any atom is -0.374 e. The van der Waals surface area contributed by atoms with E-state index in [2.05, 4.69) is 19.2 Å². The molecule has 4 atom stereocenters. The Kier molecular flexibility index (Phi) is 4.66. The summed E-state index contributed by atoms with van der Waals surface area (Å²) in [6.45, 7) is 5.66. The Morgan fingerprint density at radius 2 is 1.81 bits per heavy atom. The lowest BCUT2D eigenvalue weighted by Crippen LogP contribution is -2.39. The van der Waals surface area contributed by atoms with Crippen molar-refractivity contribution < 1.29 is 4.74 Å². The highest BCUT2D eigenvalue weighted by Crippen LogP contribution is 2.24. The van der Waals surface area contributed by atoms with Gasteiger partial charge in [0.05, 0.1) is 12.2 Å². The maximum absolute atomic E-state index is 5.86. The molecule has 1 heterocycles. The smallest absolute Gasteiger partial charge is 0.0704 e. The van der Waals surface area contributed by atoms with Gasteiger partial charge in [0.1, 0.15) is 0 Å². The van der Waals surface area contributed by atoms with Gasteiger partial charge in [-0.05, 0) is 38.5 Å². The molecule has 2 aliphatic rings. The molecule has 1 aliphatic carbocycles. The number of hydrogen-bond acceptors (Lipinski definition) is 2. The highest BCUT2D eigenvalue weighted by Gasteiger charge is 2.24. The average Bonchev–Trinajstić information content (AvgIpc) is 2.56. The van der Waals surface area contributed by atoms with Gasteiger partial charge in [0.15, 0.2) is 0 Å². The van der Waals surface area contributed by atoms with Crippen LogP contribution in [-0.4, -0.2) is 24.8 Å². The molecule has 1 aliphatic heterocycles. The van der Waals surface area contributed by atoms with E-state index in [1.165, 1.54) is 44.9 Å². The molecule has 0 bridgehead atoms. The van der Waals surface area contributed by atoms with Crippen molar-refractivity contribution in [2.45, 2.75) is 77.0 Å². The first-order valence-electron chi connectivity index (χ1n) is 7.14. The van der Waals surface area contributed by atoms with Crippen LogP contribution in [0.2, 0.25) is 0 Å². The third kappa shape index (κ3) is 3.46. The predicted molar refractivity (Wildman–Crippen MR) is 67.6 cm³/mol. The largest absolute Gasteiger partial charge is 0.374 e. The number of rotatable bonds is 3. The summed E-state index contributed by atoms with van der Waals surface area (Å²) in [5.74, 6) is 0.848. The van der Waals surface area contributed by atoms with E-state index in [0.717, 1.165) is 18.5 Å². The van der Waals surface area contributed by atoms with Gasteiger partial charge >= 0.3 is 0 Å². The molecule has 0 aromatic carbocycles. The summed E-state index contributed by atoms with van der Waals surface area (Å²) >= 11 is 0. The van der Waals surface area contributed by atoms with Crippen LogP contribution < -0.4 is 5.32 Å². The van der Waals surface area contributed by atoms with E-state index in [1.807, 2.05) is 0 Å². The predicted octanol–water partition coefficient (Wildman–Crippen LogP) is 3.11. The molecule has 0 aromatic heterocycles. The van der Waals surface area contributed by atoms with Crippen molar-refractivity contribution in [3.05, 3.63) is 0 Å². The topological polar surface area (TPSA) is 21.3 Å². The Morgan fingerprint density at radius 3 is 2.56 bits per heavy atom. The van der Waals surface area contributed by atoms with Crippen molar-refractivity contribution in [1.82, 2.24) is 5.32 Å². The molecule has 4 unspecified atom stereocenters. The molecule has 94 valence electrons. The van der Waals surface area contributed by atoms with Crippen molar-refractivity contribution >= 4 is 0 Å². The van der Waals surface area contributed by atoms with Gasteiger partial charge in [0.25, 0.3) is 0 Å². The van der Waals surface area contributed by atoms with Gasteiger partial charge in [-0.2, -0.15) is 0 Å². The molecule has 1 saturated heterocycles. The first-order valence-corrected chi connectivity index (χ1v) is 7.14. The van der Waals surface area contributed by atoms with Gasteiger partial charge in [0, 0.05) is 12.6 Å². The summed E-state index contributed by atoms with van der Waals surface area (Å²) in [6.07, 6.45) is 10.5. The summed E-state index contributed by atoms with van der Waals surface area (Å²) in [5.41, 5.74) is 0. The van der Waals surface area contributed by atoms with Gasteiger partial charge in [-0.15, -0.1) is 0 Å². The Morgan fingerprint density at radius 1 is 1.00 bits per heavy atom. The van der Waals surface area contributed by atoms with Crippen LogP contribution in [0.25, 0.3) is 0 Å². The fraction of sp³-hybridized carbons (Fsp3) is 1.00. The second-order valence-corrected chi connectivity index (χ2v) is 5.78. The molecule has 2 fully saturated rings. The molecule has 1 N–H and O–H groups in total. The Bertz CT molecular complexity index is 207. The quantitative estimate of drug-likeness (QED) is 0.745. The van der Waals surface area contributed by atoms with Crippen molar-refractivity contribution in [2.24, 2.45) is 5.92 Å². The molecule has 16 heavy (non-hydrogen) atoms. The zero-order chi connectivity index (χ0) is 11.4. The third-order valence-electron chi connectivity index (χ3n) is 4.29. The highest BCUT2D eigenvalue weighted by molar-refractivity contribution is 4.80. The lowest BCUT2D eigenvalue weighted by atomic mass is 9.97. The van der Waals surface area contributed by atoms with Gasteiger partial charge in [0.2, 0.25) is 0 Å². The molecule has 2 heteroatoms. The van der Waals surface area contributed by atoms with Crippen molar-refractivity contribution in [2.75, 3.05) is 6.54 Å². The number of hydrogen-bond donors (Lipinski definition) is 1. The summed E-state index contributed by atoms with van der Waals surface area (Å²) in [4.78, 5) is 0. The van der Waals surface area contributed by atoms with E-state index in [-0.39, 0.29) is 0 Å². The van der Waals surface area contributed by atoms with Crippen LogP contribution in [0.4, 0.5) is 0 Å². The van der Waals surface area contributed by atoms with Crippen molar-refractivity contribution in [3.63, 3.8) is 0 Å². The second kappa shape index (κ2) is 6.02. The third-order valence-corrected chi connectivity index (χ3v) is 4.29. The van der Waals surface area contributed by atoms with Gasteiger partial charge < -0.3 is 10.1 Å². The lowest BCUT2D eigenvalue weighted by Gasteiger charge is -2.24. The Hall–Kier alpha value is -0.0800. The van der Waals surface area contributed by atoms with Crippen LogP contribution >= 0.6 is 0 Å². The zero-order valence-corrected chi connectivity index (χ0v) is 10.9. The Balaban J connectivity index is 1.71. The maximum atomic E-state index is 5.86. The van der Waals surface area contributed by atoms with Crippen LogP contribution in [0.3, 0.4) is 0 Å². The van der Waals surface area contributed by atoms with Crippen molar-refractivity contribution in [1.29, 1.82) is 0 Å². The van der Waals surface area contributed by atoms with Crippen LogP contribution in [0.15, 0.2) is 0 Å². The van der Waals surface area contributed by atoms with Crippen LogP contribution in [0.5, 0.6) is 0 Å². The van der Waals surface area contributed by atoms with E-state index < -0.39 is 0 Å². The molecular formula is C14H27NO. The summed E-state index contributed by atoms with van der Waals surface area (Å²) in [7, 11) is 0. The van der Waals surface area contributed by atoms with E-state index in [0.29, 0.717) is 12.2 Å². The highest BCUT2D eigenvalue weighted by atomic mass is 16.5. The molecule has 2 rings (SSSR count). The molecule has 0 spiro atoms. The van der Waals surface area contributed by atoms with Crippen molar-refractivity contribution in [3.8, 4) is 0 Å². The summed E-state index contributed by atoms with van der Waals surface area (Å²) in [6, 6.07) is 0.738. The average molecular weight is 225 g/mol. The van der Waals surface area contributed by atoms with Crippen LogP contribution in [0.1, 0.15) is 58.8 Å². The van der Waals surface area contributed by atoms with E-state index in [4.69, 9.17) is 4.74 Å². The lowest BCUT2D eigenvalue weighted by molar-refractivity contribution is 0.0529. The summed E-state index contributed by atoms with van der Waals surface area (Å²) in [5, 5.41) is 3.75. The standard InChI is InChI=1S/C14H27NO/c1-11-6-4-3-5-7-14(11)15-10-13-9-8-12(2)16-13/h11-15H,3-10H2,1-2H3. The monoisotopic (exact) mass is 225 g/mol. The normalized spacial score (nSPS) is 40.9. The SMILES string of the molecule is CC1CCC(CNC2CCCCCC2C)O1. The molecular weight excluding hydrogens is 198 g/mol. The summed E-state index contributed by atoms with van der Waals surface area (Å²) < 4.78 is 5.86. The van der Waals surface area contributed by atoms with Crippen LogP contribution in [-0.2, 0) is 4.74 Å². The van der Waals surface area contributed by atoms with Crippen LogP contribution in [0, 0.1) is 5.92 Å². The first kappa shape index (κ1) is 12.4. The molecule has 0 radical (unpaired) electrons. The number of nitrogens with one attached hydrogen (secondary N) is 1. The van der Waals surface area contributed by atoms with Gasteiger partial charge in [-0.1, -0.05) is 26.2 Å². The van der Waals surface area contributed by atoms with E-state index in [9.17, 15) is 0 Å². The van der Waals surface area contributed by atoms with E-state index >= 15 is 0 Å². The van der Waals surface area contributed by atoms with Gasteiger partial charge in [-0.25, -0.2) is 0 Å². The fourth-order valence-electron chi connectivity index (χ4n) is 3.11. The first-order chi connectivity index (χ1) is 7.75. The molecule has 0 aromatic rings. The molecule has 1 saturated carbocycles. The second-order valence-electron chi connectivity index (χ2n) is 5.78. The zero-order valence-electron chi connectivity index (χ0n) is 10.9. The maximum Gasteiger partial charge on any atom is 0.0704 e. The molecule has 0 amide bonds. The Labute approximate surface area is 100 Å².